The Morgan fingerprint density at radius 1 is 0.857 bits per heavy atom. The van der Waals surface area contributed by atoms with Crippen LogP contribution < -0.4 is 11.3 Å². The van der Waals surface area contributed by atoms with Gasteiger partial charge < -0.3 is 0 Å². The average molecular weight is 294 g/mol. The van der Waals surface area contributed by atoms with Crippen molar-refractivity contribution in [1.82, 2.24) is 5.43 Å². The molecule has 3 N–H and O–H groups in total. The zero-order valence-corrected chi connectivity index (χ0v) is 12.7. The average Bonchev–Trinajstić information content (AvgIpc) is 2.56. The van der Waals surface area contributed by atoms with Crippen LogP contribution in [-0.2, 0) is 0 Å². The molecule has 1 atom stereocenters. The third-order valence-corrected chi connectivity index (χ3v) is 4.56. The maximum absolute atomic E-state index is 5.89. The van der Waals surface area contributed by atoms with Gasteiger partial charge in [-0.1, -0.05) is 60.7 Å². The van der Waals surface area contributed by atoms with E-state index in [0.29, 0.717) is 0 Å². The molecular weight excluding hydrogens is 276 g/mol. The van der Waals surface area contributed by atoms with E-state index in [9.17, 15) is 0 Å². The summed E-state index contributed by atoms with van der Waals surface area (Å²) in [6, 6.07) is 23.2. The first kappa shape index (κ1) is 14.1. The highest BCUT2D eigenvalue weighted by Crippen LogP contribution is 2.33. The highest BCUT2D eigenvalue weighted by Gasteiger charge is 2.17. The second-order valence-electron chi connectivity index (χ2n) is 4.91. The van der Waals surface area contributed by atoms with E-state index < -0.39 is 0 Å². The van der Waals surface area contributed by atoms with Crippen molar-refractivity contribution in [1.29, 1.82) is 0 Å². The Labute approximate surface area is 129 Å². The van der Waals surface area contributed by atoms with E-state index in [0.717, 1.165) is 0 Å². The van der Waals surface area contributed by atoms with E-state index in [2.05, 4.69) is 78.4 Å². The van der Waals surface area contributed by atoms with Crippen LogP contribution in [0.5, 0.6) is 0 Å². The number of hydrogen-bond acceptors (Lipinski definition) is 3. The molecular formula is C18H18N2S. The largest absolute Gasteiger partial charge is 0.271 e. The second-order valence-corrected chi connectivity index (χ2v) is 5.76. The van der Waals surface area contributed by atoms with Gasteiger partial charge in [-0.25, -0.2) is 5.43 Å². The molecule has 3 aromatic carbocycles. The monoisotopic (exact) mass is 294 g/mol. The number of thioether (sulfide) groups is 1. The van der Waals surface area contributed by atoms with Crippen LogP contribution in [0.1, 0.15) is 17.2 Å². The predicted molar refractivity (Wildman–Crippen MR) is 91.3 cm³/mol. The second kappa shape index (κ2) is 6.31. The molecule has 0 aliphatic carbocycles. The third kappa shape index (κ3) is 2.68. The SMILES string of the molecule is CSc1ccccc1C(NN)c1cccc2ccccc12. The first-order chi connectivity index (χ1) is 10.3. The van der Waals surface area contributed by atoms with Gasteiger partial charge in [-0.3, -0.25) is 5.84 Å². The van der Waals surface area contributed by atoms with Crippen LogP contribution in [0.2, 0.25) is 0 Å². The van der Waals surface area contributed by atoms with Gasteiger partial charge in [0.2, 0.25) is 0 Å². The molecule has 0 saturated carbocycles. The Bertz CT molecular complexity index is 750. The van der Waals surface area contributed by atoms with E-state index in [4.69, 9.17) is 5.84 Å². The van der Waals surface area contributed by atoms with Gasteiger partial charge in [0.25, 0.3) is 0 Å². The van der Waals surface area contributed by atoms with E-state index in [-0.39, 0.29) is 6.04 Å². The minimum atomic E-state index is -0.0141. The molecule has 0 aliphatic heterocycles. The van der Waals surface area contributed by atoms with Crippen LogP contribution in [0.4, 0.5) is 0 Å². The van der Waals surface area contributed by atoms with E-state index in [1.807, 2.05) is 0 Å². The molecule has 106 valence electrons. The molecule has 0 spiro atoms. The summed E-state index contributed by atoms with van der Waals surface area (Å²) in [7, 11) is 0. The number of hydrogen-bond donors (Lipinski definition) is 2. The highest BCUT2D eigenvalue weighted by atomic mass is 32.2. The Hall–Kier alpha value is -1.81. The lowest BCUT2D eigenvalue weighted by Crippen LogP contribution is -2.29. The molecule has 0 saturated heterocycles. The van der Waals surface area contributed by atoms with Crippen molar-refractivity contribution in [2.24, 2.45) is 5.84 Å². The minimum absolute atomic E-state index is 0.0141. The number of benzene rings is 3. The van der Waals surface area contributed by atoms with Crippen LogP contribution in [0, 0.1) is 0 Å². The lowest BCUT2D eigenvalue weighted by atomic mass is 9.94. The van der Waals surface area contributed by atoms with Crippen LogP contribution >= 0.6 is 11.8 Å². The first-order valence-electron chi connectivity index (χ1n) is 6.92. The summed E-state index contributed by atoms with van der Waals surface area (Å²) in [6.07, 6.45) is 2.09. The van der Waals surface area contributed by atoms with Gasteiger partial charge in [-0.15, -0.1) is 11.8 Å². The van der Waals surface area contributed by atoms with Crippen molar-refractivity contribution in [3.63, 3.8) is 0 Å². The summed E-state index contributed by atoms with van der Waals surface area (Å²) < 4.78 is 0. The molecule has 0 heterocycles. The van der Waals surface area contributed by atoms with Crippen LogP contribution in [0.25, 0.3) is 10.8 Å². The predicted octanol–water partition coefficient (Wildman–Crippen LogP) is 4.11. The fraction of sp³-hybridized carbons (Fsp3) is 0.111. The zero-order chi connectivity index (χ0) is 14.7. The molecule has 0 bridgehead atoms. The topological polar surface area (TPSA) is 38.0 Å². The number of fused-ring (bicyclic) bond motifs is 1. The van der Waals surface area contributed by atoms with Crippen molar-refractivity contribution in [2.75, 3.05) is 6.26 Å². The summed E-state index contributed by atoms with van der Waals surface area (Å²) in [4.78, 5) is 1.24. The van der Waals surface area contributed by atoms with Crippen molar-refractivity contribution < 1.29 is 0 Å². The Morgan fingerprint density at radius 2 is 1.52 bits per heavy atom. The lowest BCUT2D eigenvalue weighted by Gasteiger charge is -2.21. The maximum Gasteiger partial charge on any atom is 0.0726 e. The molecule has 21 heavy (non-hydrogen) atoms. The summed E-state index contributed by atoms with van der Waals surface area (Å²) in [5.74, 6) is 5.89. The lowest BCUT2D eigenvalue weighted by molar-refractivity contribution is 0.632. The van der Waals surface area contributed by atoms with Gasteiger partial charge in [-0.05, 0) is 34.2 Å². The summed E-state index contributed by atoms with van der Waals surface area (Å²) in [5, 5.41) is 2.47. The fourth-order valence-electron chi connectivity index (χ4n) is 2.75. The minimum Gasteiger partial charge on any atom is -0.271 e. The molecule has 2 nitrogen and oxygen atoms in total. The fourth-order valence-corrected chi connectivity index (χ4v) is 3.39. The summed E-state index contributed by atoms with van der Waals surface area (Å²) >= 11 is 1.74. The summed E-state index contributed by atoms with van der Waals surface area (Å²) in [6.45, 7) is 0. The molecule has 0 aromatic heterocycles. The zero-order valence-electron chi connectivity index (χ0n) is 11.9. The van der Waals surface area contributed by atoms with Crippen LogP contribution in [0.3, 0.4) is 0 Å². The third-order valence-electron chi connectivity index (χ3n) is 3.75. The normalized spacial score (nSPS) is 12.5. The number of rotatable bonds is 4. The number of nitrogens with one attached hydrogen (secondary N) is 1. The van der Waals surface area contributed by atoms with Gasteiger partial charge in [0.15, 0.2) is 0 Å². The van der Waals surface area contributed by atoms with Crippen molar-refractivity contribution in [2.45, 2.75) is 10.9 Å². The molecule has 3 heteroatoms. The van der Waals surface area contributed by atoms with Gasteiger partial charge in [0.05, 0.1) is 6.04 Å². The molecule has 3 aromatic rings. The molecule has 0 radical (unpaired) electrons. The quantitative estimate of drug-likeness (QED) is 0.432. The van der Waals surface area contributed by atoms with E-state index in [1.165, 1.54) is 26.8 Å². The van der Waals surface area contributed by atoms with Gasteiger partial charge in [-0.2, -0.15) is 0 Å². The Balaban J connectivity index is 2.19. The molecule has 3 rings (SSSR count). The maximum atomic E-state index is 5.89. The van der Waals surface area contributed by atoms with Crippen LogP contribution in [-0.4, -0.2) is 6.26 Å². The number of nitrogens with two attached hydrogens (primary N) is 1. The smallest absolute Gasteiger partial charge is 0.0726 e. The van der Waals surface area contributed by atoms with E-state index in [1.54, 1.807) is 11.8 Å². The van der Waals surface area contributed by atoms with Gasteiger partial charge in [0.1, 0.15) is 0 Å². The van der Waals surface area contributed by atoms with Crippen molar-refractivity contribution in [3.8, 4) is 0 Å². The molecule has 0 amide bonds. The van der Waals surface area contributed by atoms with Crippen LogP contribution in [0.15, 0.2) is 71.6 Å². The Morgan fingerprint density at radius 3 is 2.33 bits per heavy atom. The van der Waals surface area contributed by atoms with Gasteiger partial charge in [0, 0.05) is 4.90 Å². The van der Waals surface area contributed by atoms with Gasteiger partial charge >= 0.3 is 0 Å². The Kier molecular flexibility index (Phi) is 4.25. The highest BCUT2D eigenvalue weighted by molar-refractivity contribution is 7.98. The summed E-state index contributed by atoms with van der Waals surface area (Å²) in [5.41, 5.74) is 5.41. The van der Waals surface area contributed by atoms with E-state index >= 15 is 0 Å². The first-order valence-corrected chi connectivity index (χ1v) is 8.14. The molecule has 0 fully saturated rings. The van der Waals surface area contributed by atoms with Crippen molar-refractivity contribution >= 4 is 22.5 Å². The standard InChI is InChI=1S/C18H18N2S/c1-21-17-12-5-4-10-16(17)18(20-19)15-11-6-8-13-7-2-3-9-14(13)15/h2-12,18,20H,19H2,1H3. The van der Waals surface area contributed by atoms with Crippen molar-refractivity contribution in [3.05, 3.63) is 77.9 Å². The molecule has 1 unspecified atom stereocenters. The number of hydrazine groups is 1. The molecule has 0 aliphatic rings.